The van der Waals surface area contributed by atoms with E-state index in [1.807, 2.05) is 0 Å². The lowest BCUT2D eigenvalue weighted by Gasteiger charge is -2.02. The van der Waals surface area contributed by atoms with Crippen molar-refractivity contribution >= 4 is 0 Å². The number of hydrogen-bond donors (Lipinski definition) is 1. The van der Waals surface area contributed by atoms with Crippen LogP contribution in [0, 0.1) is 17.7 Å². The topological polar surface area (TPSA) is 35.2 Å². The number of hydrogen-bond acceptors (Lipinski definition) is 2. The second kappa shape index (κ2) is 4.64. The van der Waals surface area contributed by atoms with Crippen molar-refractivity contribution in [1.29, 1.82) is 0 Å². The smallest absolute Gasteiger partial charge is 0.134 e. The molecule has 0 saturated heterocycles. The van der Waals surface area contributed by atoms with E-state index >= 15 is 0 Å². The van der Waals surface area contributed by atoms with Crippen LogP contribution in [0.5, 0.6) is 5.75 Å². The maximum absolute atomic E-state index is 12.9. The molecule has 0 aliphatic heterocycles. The van der Waals surface area contributed by atoms with Crippen molar-refractivity contribution in [2.45, 2.75) is 13.0 Å². The summed E-state index contributed by atoms with van der Waals surface area (Å²) in [6.45, 7) is 1.76. The van der Waals surface area contributed by atoms with Crippen LogP contribution in [0.15, 0.2) is 18.2 Å². The Morgan fingerprint density at radius 1 is 1.50 bits per heavy atom. The van der Waals surface area contributed by atoms with Gasteiger partial charge in [0.1, 0.15) is 11.6 Å². The van der Waals surface area contributed by atoms with Crippen molar-refractivity contribution in [3.63, 3.8) is 0 Å². The highest BCUT2D eigenvalue weighted by molar-refractivity contribution is 5.46. The number of benzene rings is 1. The molecule has 1 atom stereocenters. The Hall–Kier alpha value is -1.53. The molecule has 2 nitrogen and oxygen atoms in total. The number of halogens is 1. The maximum atomic E-state index is 12.9. The van der Waals surface area contributed by atoms with E-state index in [9.17, 15) is 4.39 Å². The molecule has 0 aromatic heterocycles. The molecule has 0 heterocycles. The van der Waals surface area contributed by atoms with Gasteiger partial charge < -0.3 is 10.5 Å². The molecule has 1 aromatic carbocycles. The van der Waals surface area contributed by atoms with Gasteiger partial charge in [-0.05, 0) is 25.1 Å². The van der Waals surface area contributed by atoms with E-state index in [1.165, 1.54) is 19.2 Å². The zero-order valence-corrected chi connectivity index (χ0v) is 8.17. The van der Waals surface area contributed by atoms with Crippen LogP contribution in [0.25, 0.3) is 0 Å². The third-order valence-electron chi connectivity index (χ3n) is 1.60. The molecule has 74 valence electrons. The van der Waals surface area contributed by atoms with Gasteiger partial charge in [-0.25, -0.2) is 4.39 Å². The monoisotopic (exact) mass is 193 g/mol. The first-order valence-electron chi connectivity index (χ1n) is 4.24. The summed E-state index contributed by atoms with van der Waals surface area (Å²) in [5.41, 5.74) is 5.98. The van der Waals surface area contributed by atoms with E-state index < -0.39 is 0 Å². The van der Waals surface area contributed by atoms with Gasteiger partial charge in [-0.1, -0.05) is 11.8 Å². The molecule has 0 spiro atoms. The standard InChI is InChI=1S/C11H12FNO/c1-8(13)3-4-9-7-10(12)5-6-11(9)14-2/h5-8H,13H2,1-2H3. The first-order chi connectivity index (χ1) is 6.63. The summed E-state index contributed by atoms with van der Waals surface area (Å²) in [6, 6.07) is 3.97. The van der Waals surface area contributed by atoms with Crippen LogP contribution in [0.2, 0.25) is 0 Å². The quantitative estimate of drug-likeness (QED) is 0.686. The Bertz CT molecular complexity index is 377. The lowest BCUT2D eigenvalue weighted by atomic mass is 10.2. The summed E-state index contributed by atoms with van der Waals surface area (Å²) < 4.78 is 17.9. The Balaban J connectivity index is 3.07. The molecule has 1 aromatic rings. The summed E-state index contributed by atoms with van der Waals surface area (Å²) in [5.74, 6) is 5.73. The number of rotatable bonds is 1. The van der Waals surface area contributed by atoms with Crippen LogP contribution < -0.4 is 10.5 Å². The fourth-order valence-electron chi connectivity index (χ4n) is 0.969. The average Bonchev–Trinajstić information content (AvgIpc) is 2.15. The highest BCUT2D eigenvalue weighted by Crippen LogP contribution is 2.17. The third kappa shape index (κ3) is 2.75. The van der Waals surface area contributed by atoms with E-state index in [4.69, 9.17) is 10.5 Å². The lowest BCUT2D eigenvalue weighted by molar-refractivity contribution is 0.412. The second-order valence-corrected chi connectivity index (χ2v) is 2.90. The minimum absolute atomic E-state index is 0.233. The van der Waals surface area contributed by atoms with Gasteiger partial charge in [0.2, 0.25) is 0 Å². The van der Waals surface area contributed by atoms with Crippen LogP contribution >= 0.6 is 0 Å². The first kappa shape index (κ1) is 10.6. The van der Waals surface area contributed by atoms with Crippen molar-refractivity contribution in [3.05, 3.63) is 29.6 Å². The summed E-state index contributed by atoms with van der Waals surface area (Å²) in [5, 5.41) is 0. The Morgan fingerprint density at radius 3 is 2.79 bits per heavy atom. The third-order valence-corrected chi connectivity index (χ3v) is 1.60. The number of nitrogens with two attached hydrogens (primary N) is 1. The van der Waals surface area contributed by atoms with Crippen molar-refractivity contribution in [3.8, 4) is 17.6 Å². The van der Waals surface area contributed by atoms with Crippen molar-refractivity contribution in [2.24, 2.45) is 5.73 Å². The Kier molecular flexibility index (Phi) is 3.49. The molecule has 2 N–H and O–H groups in total. The summed E-state index contributed by atoms with van der Waals surface area (Å²) in [7, 11) is 1.52. The maximum Gasteiger partial charge on any atom is 0.134 e. The van der Waals surface area contributed by atoms with Gasteiger partial charge >= 0.3 is 0 Å². The molecule has 0 aliphatic carbocycles. The molecule has 0 amide bonds. The van der Waals surface area contributed by atoms with Crippen LogP contribution in [0.4, 0.5) is 4.39 Å². The van der Waals surface area contributed by atoms with Gasteiger partial charge in [0, 0.05) is 0 Å². The summed E-state index contributed by atoms with van der Waals surface area (Å²) >= 11 is 0. The fraction of sp³-hybridized carbons (Fsp3) is 0.273. The van der Waals surface area contributed by atoms with Crippen LogP contribution in [-0.2, 0) is 0 Å². The van der Waals surface area contributed by atoms with Gasteiger partial charge in [0.05, 0.1) is 18.7 Å². The molecule has 0 fully saturated rings. The van der Waals surface area contributed by atoms with Crippen LogP contribution in [0.1, 0.15) is 12.5 Å². The Labute approximate surface area is 82.9 Å². The molecule has 0 aliphatic rings. The molecule has 0 radical (unpaired) electrons. The van der Waals surface area contributed by atoms with E-state index in [0.717, 1.165) is 0 Å². The molecule has 0 bridgehead atoms. The highest BCUT2D eigenvalue weighted by atomic mass is 19.1. The fourth-order valence-corrected chi connectivity index (χ4v) is 0.969. The summed E-state index contributed by atoms with van der Waals surface area (Å²) in [6.07, 6.45) is 0. The van der Waals surface area contributed by atoms with Crippen molar-refractivity contribution < 1.29 is 9.13 Å². The van der Waals surface area contributed by atoms with Gasteiger partial charge in [0.15, 0.2) is 0 Å². The average molecular weight is 193 g/mol. The predicted molar refractivity (Wildman–Crippen MR) is 53.5 cm³/mol. The molecular formula is C11H12FNO. The van der Waals surface area contributed by atoms with Crippen LogP contribution in [-0.4, -0.2) is 13.2 Å². The Morgan fingerprint density at radius 2 is 2.21 bits per heavy atom. The highest BCUT2D eigenvalue weighted by Gasteiger charge is 2.01. The van der Waals surface area contributed by atoms with Crippen molar-refractivity contribution in [1.82, 2.24) is 0 Å². The van der Waals surface area contributed by atoms with E-state index in [-0.39, 0.29) is 11.9 Å². The van der Waals surface area contributed by atoms with Gasteiger partial charge in [-0.15, -0.1) is 0 Å². The van der Waals surface area contributed by atoms with E-state index in [1.54, 1.807) is 13.0 Å². The molecule has 1 rings (SSSR count). The molecular weight excluding hydrogens is 181 g/mol. The number of methoxy groups -OCH3 is 1. The second-order valence-electron chi connectivity index (χ2n) is 2.90. The zero-order chi connectivity index (χ0) is 10.6. The molecule has 1 unspecified atom stereocenters. The zero-order valence-electron chi connectivity index (χ0n) is 8.17. The molecule has 0 saturated carbocycles. The van der Waals surface area contributed by atoms with Gasteiger partial charge in [-0.3, -0.25) is 0 Å². The largest absolute Gasteiger partial charge is 0.495 e. The predicted octanol–water partition coefficient (Wildman–Crippen LogP) is 1.53. The van der Waals surface area contributed by atoms with E-state index in [2.05, 4.69) is 11.8 Å². The molecule has 3 heteroatoms. The first-order valence-corrected chi connectivity index (χ1v) is 4.24. The molecule has 14 heavy (non-hydrogen) atoms. The minimum Gasteiger partial charge on any atom is -0.495 e. The SMILES string of the molecule is COc1ccc(F)cc1C#CC(C)N. The number of ether oxygens (including phenoxy) is 1. The van der Waals surface area contributed by atoms with E-state index in [0.29, 0.717) is 11.3 Å². The minimum atomic E-state index is -0.334. The normalized spacial score (nSPS) is 11.4. The van der Waals surface area contributed by atoms with Crippen molar-refractivity contribution in [2.75, 3.05) is 7.11 Å². The lowest BCUT2D eigenvalue weighted by Crippen LogP contribution is -2.10. The van der Waals surface area contributed by atoms with Gasteiger partial charge in [-0.2, -0.15) is 0 Å². The summed E-state index contributed by atoms with van der Waals surface area (Å²) in [4.78, 5) is 0. The van der Waals surface area contributed by atoms with Crippen LogP contribution in [0.3, 0.4) is 0 Å². The van der Waals surface area contributed by atoms with Gasteiger partial charge in [0.25, 0.3) is 0 Å².